The maximum absolute atomic E-state index is 13.6. The number of anilines is 1. The quantitative estimate of drug-likeness (QED) is 0.497. The summed E-state index contributed by atoms with van der Waals surface area (Å²) in [5, 5.41) is 14.7. The molecule has 3 aromatic carbocycles. The summed E-state index contributed by atoms with van der Waals surface area (Å²) in [4.78, 5) is 16.6. The summed E-state index contributed by atoms with van der Waals surface area (Å²) in [5.74, 6) is 0. The Morgan fingerprint density at radius 3 is 2.33 bits per heavy atom. The molecule has 138 valence electrons. The molecule has 5 nitrogen and oxygen atoms in total. The minimum absolute atomic E-state index is 0.491. The first-order chi connectivity index (χ1) is 13.1. The number of hydrogen-bond acceptors (Lipinski definition) is 4. The van der Waals surface area contributed by atoms with Gasteiger partial charge in [-0.2, -0.15) is 0 Å². The van der Waals surface area contributed by atoms with Crippen molar-refractivity contribution in [3.05, 3.63) is 88.5 Å². The Hall–Kier alpha value is -3.06. The number of nitrogens with zero attached hydrogens (tertiary/aromatic N) is 2. The second-order valence-electron chi connectivity index (χ2n) is 6.35. The summed E-state index contributed by atoms with van der Waals surface area (Å²) in [5.41, 5.74) is 1.08. The third-order valence-electron chi connectivity index (χ3n) is 4.79. The first-order valence-corrected chi connectivity index (χ1v) is 8.48. The van der Waals surface area contributed by atoms with Crippen LogP contribution in [0.2, 0.25) is 0 Å². The zero-order valence-corrected chi connectivity index (χ0v) is 14.1. The molecule has 1 saturated heterocycles. The smallest absolute Gasteiger partial charge is 0.264 e. The molecule has 0 amide bonds. The molecule has 0 N–H and O–H groups in total. The van der Waals surface area contributed by atoms with Crippen molar-refractivity contribution in [3.8, 4) is 0 Å². The summed E-state index contributed by atoms with van der Waals surface area (Å²) in [6.07, 6.45) is -4.81. The zero-order chi connectivity index (χ0) is 19.0. The number of alkyl halides is 2. The van der Waals surface area contributed by atoms with Gasteiger partial charge in [-0.1, -0.05) is 60.7 Å². The Bertz CT molecular complexity index is 962. The summed E-state index contributed by atoms with van der Waals surface area (Å²) >= 11 is 0. The second kappa shape index (κ2) is 6.92. The van der Waals surface area contributed by atoms with Crippen LogP contribution in [0, 0.1) is 10.1 Å². The fraction of sp³-hybridized carbons (Fsp3) is 0.200. The van der Waals surface area contributed by atoms with Gasteiger partial charge >= 0.3 is 0 Å². The van der Waals surface area contributed by atoms with Gasteiger partial charge in [0.2, 0.25) is 6.10 Å². The lowest BCUT2D eigenvalue weighted by Crippen LogP contribution is -2.38. The van der Waals surface area contributed by atoms with E-state index in [0.717, 1.165) is 10.8 Å². The van der Waals surface area contributed by atoms with Gasteiger partial charge in [0, 0.05) is 4.92 Å². The van der Waals surface area contributed by atoms with Gasteiger partial charge in [0.05, 0.1) is 5.69 Å². The van der Waals surface area contributed by atoms with Crippen LogP contribution in [0.15, 0.2) is 72.8 Å². The van der Waals surface area contributed by atoms with Crippen LogP contribution in [0.1, 0.15) is 11.6 Å². The number of rotatable bonds is 4. The van der Waals surface area contributed by atoms with Crippen LogP contribution in [0.5, 0.6) is 0 Å². The lowest BCUT2D eigenvalue weighted by molar-refractivity contribution is -0.532. The van der Waals surface area contributed by atoms with Crippen LogP contribution in [0.25, 0.3) is 10.8 Å². The fourth-order valence-corrected chi connectivity index (χ4v) is 3.62. The number of hydrogen-bond donors (Lipinski definition) is 0. The predicted molar refractivity (Wildman–Crippen MR) is 97.3 cm³/mol. The largest absolute Gasteiger partial charge is 0.273 e. The standard InChI is InChI=1S/C20H16F2N2O3/c21-20(22)19-18(24(25)26)17(23(27-19)14-9-2-1-3-10-14)16-12-6-8-13-7-4-5-11-15(13)16/h1-12,17-20H/t17-,18+,19+/m0/s1. The number of hydroxylamine groups is 1. The molecule has 0 saturated carbocycles. The Morgan fingerprint density at radius 1 is 0.963 bits per heavy atom. The molecule has 0 aliphatic carbocycles. The van der Waals surface area contributed by atoms with Gasteiger partial charge in [0.15, 0.2) is 6.04 Å². The lowest BCUT2D eigenvalue weighted by Gasteiger charge is -2.25. The van der Waals surface area contributed by atoms with E-state index < -0.39 is 29.5 Å². The van der Waals surface area contributed by atoms with E-state index in [-0.39, 0.29) is 0 Å². The van der Waals surface area contributed by atoms with Crippen LogP contribution in [0.4, 0.5) is 14.5 Å². The van der Waals surface area contributed by atoms with Gasteiger partial charge < -0.3 is 0 Å². The Morgan fingerprint density at radius 2 is 1.63 bits per heavy atom. The van der Waals surface area contributed by atoms with Gasteiger partial charge in [0.25, 0.3) is 12.5 Å². The molecule has 0 unspecified atom stereocenters. The van der Waals surface area contributed by atoms with Crippen molar-refractivity contribution in [2.75, 3.05) is 5.06 Å². The molecule has 0 aromatic heterocycles. The van der Waals surface area contributed by atoms with Crippen molar-refractivity contribution in [1.82, 2.24) is 0 Å². The first kappa shape index (κ1) is 17.4. The van der Waals surface area contributed by atoms with Crippen molar-refractivity contribution in [3.63, 3.8) is 0 Å². The molecule has 4 rings (SSSR count). The van der Waals surface area contributed by atoms with Gasteiger partial charge in [-0.15, -0.1) is 0 Å². The first-order valence-electron chi connectivity index (χ1n) is 8.48. The molecule has 7 heteroatoms. The van der Waals surface area contributed by atoms with Crippen LogP contribution < -0.4 is 5.06 Å². The van der Waals surface area contributed by atoms with Crippen molar-refractivity contribution in [2.24, 2.45) is 0 Å². The van der Waals surface area contributed by atoms with E-state index >= 15 is 0 Å². The molecule has 1 fully saturated rings. The topological polar surface area (TPSA) is 55.6 Å². The average molecular weight is 370 g/mol. The molecule has 1 heterocycles. The van der Waals surface area contributed by atoms with Crippen molar-refractivity contribution in [2.45, 2.75) is 24.6 Å². The molecule has 27 heavy (non-hydrogen) atoms. The number of fused-ring (bicyclic) bond motifs is 1. The van der Waals surface area contributed by atoms with E-state index in [9.17, 15) is 18.9 Å². The van der Waals surface area contributed by atoms with E-state index in [4.69, 9.17) is 4.84 Å². The lowest BCUT2D eigenvalue weighted by atomic mass is 9.92. The molecule has 1 aliphatic rings. The van der Waals surface area contributed by atoms with E-state index in [1.54, 1.807) is 42.5 Å². The maximum atomic E-state index is 13.6. The van der Waals surface area contributed by atoms with E-state index in [1.165, 1.54) is 5.06 Å². The minimum Gasteiger partial charge on any atom is -0.264 e. The molecule has 3 aromatic rings. The van der Waals surface area contributed by atoms with Crippen molar-refractivity contribution >= 4 is 16.5 Å². The van der Waals surface area contributed by atoms with Crippen molar-refractivity contribution < 1.29 is 18.5 Å². The summed E-state index contributed by atoms with van der Waals surface area (Å²) in [7, 11) is 0. The van der Waals surface area contributed by atoms with Gasteiger partial charge in [-0.3, -0.25) is 15.0 Å². The highest BCUT2D eigenvalue weighted by Crippen LogP contribution is 2.43. The molecular formula is C20H16F2N2O3. The molecule has 0 spiro atoms. The number of nitro groups is 1. The number of para-hydroxylation sites is 1. The third-order valence-corrected chi connectivity index (χ3v) is 4.79. The SMILES string of the molecule is O=[N+]([O-])[C@H]1[C@H](C(F)F)ON(c2ccccc2)[C@H]1c1cccc2ccccc12. The summed E-state index contributed by atoms with van der Waals surface area (Å²) < 4.78 is 27.2. The molecule has 3 atom stereocenters. The van der Waals surface area contributed by atoms with Crippen LogP contribution in [0.3, 0.4) is 0 Å². The molecular weight excluding hydrogens is 354 g/mol. The summed E-state index contributed by atoms with van der Waals surface area (Å²) in [6.45, 7) is 0. The highest BCUT2D eigenvalue weighted by molar-refractivity contribution is 5.86. The van der Waals surface area contributed by atoms with Crippen LogP contribution >= 0.6 is 0 Å². The normalized spacial score (nSPS) is 22.5. The van der Waals surface area contributed by atoms with Gasteiger partial charge in [-0.05, 0) is 28.5 Å². The average Bonchev–Trinajstić information content (AvgIpc) is 3.09. The second-order valence-corrected chi connectivity index (χ2v) is 6.35. The zero-order valence-electron chi connectivity index (χ0n) is 14.1. The van der Waals surface area contributed by atoms with Crippen LogP contribution in [-0.2, 0) is 4.84 Å². The molecule has 0 radical (unpaired) electrons. The predicted octanol–water partition coefficient (Wildman–Crippen LogP) is 4.61. The van der Waals surface area contributed by atoms with Gasteiger partial charge in [0.1, 0.15) is 0 Å². The minimum atomic E-state index is -2.98. The van der Waals surface area contributed by atoms with E-state index in [2.05, 4.69) is 0 Å². The van der Waals surface area contributed by atoms with E-state index in [1.807, 2.05) is 30.3 Å². The van der Waals surface area contributed by atoms with Crippen LogP contribution in [-0.4, -0.2) is 23.5 Å². The van der Waals surface area contributed by atoms with Gasteiger partial charge in [-0.25, -0.2) is 13.8 Å². The van der Waals surface area contributed by atoms with Crippen molar-refractivity contribution in [1.29, 1.82) is 0 Å². The molecule has 1 aliphatic heterocycles. The Labute approximate surface area is 153 Å². The Kier molecular flexibility index (Phi) is 4.45. The third kappa shape index (κ3) is 3.00. The highest BCUT2D eigenvalue weighted by Gasteiger charge is 2.56. The van der Waals surface area contributed by atoms with E-state index in [0.29, 0.717) is 11.3 Å². The summed E-state index contributed by atoms with van der Waals surface area (Å²) in [6, 6.07) is 18.8. The number of benzene rings is 3. The molecule has 0 bridgehead atoms. The fourth-order valence-electron chi connectivity index (χ4n) is 3.62. The Balaban J connectivity index is 1.92. The maximum Gasteiger partial charge on any atom is 0.273 e. The number of halogens is 2. The highest BCUT2D eigenvalue weighted by atomic mass is 19.3. The monoisotopic (exact) mass is 370 g/mol.